The van der Waals surface area contributed by atoms with E-state index in [0.29, 0.717) is 13.0 Å². The predicted octanol–water partition coefficient (Wildman–Crippen LogP) is 3.07. The highest BCUT2D eigenvalue weighted by Gasteiger charge is 2.43. The number of aryl methyl sites for hydroxylation is 1. The van der Waals surface area contributed by atoms with Crippen LogP contribution in [0.1, 0.15) is 18.9 Å². The lowest BCUT2D eigenvalue weighted by Crippen LogP contribution is -2.52. The summed E-state index contributed by atoms with van der Waals surface area (Å²) in [6, 6.07) is 4.91. The van der Waals surface area contributed by atoms with E-state index in [1.165, 1.54) is 6.07 Å². The van der Waals surface area contributed by atoms with E-state index < -0.39 is 4.92 Å². The second-order valence-electron chi connectivity index (χ2n) is 4.56. The predicted molar refractivity (Wildman–Crippen MR) is 71.9 cm³/mol. The lowest BCUT2D eigenvalue weighted by Gasteiger charge is -2.40. The van der Waals surface area contributed by atoms with E-state index in [2.05, 4.69) is 0 Å². The average Bonchev–Trinajstić information content (AvgIpc) is 2.37. The van der Waals surface area contributed by atoms with E-state index in [1.807, 2.05) is 6.92 Å². The van der Waals surface area contributed by atoms with Crippen LogP contribution in [-0.4, -0.2) is 29.1 Å². The molecule has 1 aromatic carbocycles. The molecule has 1 fully saturated rings. The number of hydrogen-bond donors (Lipinski definition) is 0. The number of nitro groups is 1. The Labute approximate surface area is 116 Å². The van der Waals surface area contributed by atoms with Crippen LogP contribution in [0.25, 0.3) is 0 Å². The van der Waals surface area contributed by atoms with Crippen LogP contribution in [0.5, 0.6) is 5.75 Å². The quantitative estimate of drug-likeness (QED) is 0.474. The first-order valence-electron chi connectivity index (χ1n) is 6.20. The SMILES string of the molecule is CCOC1C(Cl)CC1Oc1ccc(C)cc1[N+](=O)[O-]. The van der Waals surface area contributed by atoms with Gasteiger partial charge >= 0.3 is 5.69 Å². The minimum absolute atomic E-state index is 0.0201. The fourth-order valence-corrected chi connectivity index (χ4v) is 2.49. The van der Waals surface area contributed by atoms with Crippen LogP contribution in [0.3, 0.4) is 0 Å². The van der Waals surface area contributed by atoms with Crippen molar-refractivity contribution in [2.45, 2.75) is 37.9 Å². The summed E-state index contributed by atoms with van der Waals surface area (Å²) in [7, 11) is 0. The minimum atomic E-state index is -0.436. The first kappa shape index (κ1) is 14.1. The number of nitro benzene ring substituents is 1. The Kier molecular flexibility index (Phi) is 4.27. The number of alkyl halides is 1. The number of hydrogen-bond acceptors (Lipinski definition) is 4. The van der Waals surface area contributed by atoms with Crippen LogP contribution in [0.2, 0.25) is 0 Å². The Morgan fingerprint density at radius 1 is 1.53 bits per heavy atom. The molecule has 0 spiro atoms. The molecule has 5 nitrogen and oxygen atoms in total. The molecule has 0 N–H and O–H groups in total. The highest BCUT2D eigenvalue weighted by molar-refractivity contribution is 6.21. The minimum Gasteiger partial charge on any atom is -0.481 e. The molecule has 2 rings (SSSR count). The molecular formula is C13H16ClNO4. The average molecular weight is 286 g/mol. The summed E-state index contributed by atoms with van der Waals surface area (Å²) >= 11 is 6.04. The molecule has 1 aliphatic carbocycles. The maximum Gasteiger partial charge on any atom is 0.311 e. The molecule has 1 aliphatic rings. The summed E-state index contributed by atoms with van der Waals surface area (Å²) in [5.74, 6) is 0.272. The molecule has 0 amide bonds. The topological polar surface area (TPSA) is 61.6 Å². The zero-order chi connectivity index (χ0) is 14.0. The third kappa shape index (κ3) is 2.98. The van der Waals surface area contributed by atoms with Crippen LogP contribution < -0.4 is 4.74 Å². The van der Waals surface area contributed by atoms with Gasteiger partial charge in [-0.25, -0.2) is 0 Å². The molecule has 6 heteroatoms. The van der Waals surface area contributed by atoms with E-state index >= 15 is 0 Å². The van der Waals surface area contributed by atoms with Gasteiger partial charge in [0.15, 0.2) is 5.75 Å². The van der Waals surface area contributed by atoms with Crippen molar-refractivity contribution >= 4 is 17.3 Å². The van der Waals surface area contributed by atoms with Crippen molar-refractivity contribution in [3.63, 3.8) is 0 Å². The molecule has 1 aromatic rings. The third-order valence-electron chi connectivity index (χ3n) is 3.13. The second-order valence-corrected chi connectivity index (χ2v) is 5.12. The Hall–Kier alpha value is -1.33. The van der Waals surface area contributed by atoms with Gasteiger partial charge in [0.2, 0.25) is 0 Å². The van der Waals surface area contributed by atoms with Crippen molar-refractivity contribution in [1.29, 1.82) is 0 Å². The van der Waals surface area contributed by atoms with Crippen LogP contribution in [0.4, 0.5) is 5.69 Å². The fourth-order valence-electron chi connectivity index (χ4n) is 2.08. The van der Waals surface area contributed by atoms with Crippen LogP contribution in [0, 0.1) is 17.0 Å². The molecule has 0 saturated heterocycles. The van der Waals surface area contributed by atoms with Crippen molar-refractivity contribution in [2.24, 2.45) is 0 Å². The standard InChI is InChI=1S/C13H16ClNO4/c1-3-18-13-9(14)7-12(13)19-11-5-4-8(2)6-10(11)15(16)17/h4-6,9,12-13H,3,7H2,1-2H3. The summed E-state index contributed by atoms with van der Waals surface area (Å²) in [5.41, 5.74) is 0.803. The summed E-state index contributed by atoms with van der Waals surface area (Å²) in [4.78, 5) is 10.6. The monoisotopic (exact) mass is 285 g/mol. The summed E-state index contributed by atoms with van der Waals surface area (Å²) in [6.07, 6.45) is 0.216. The molecule has 1 saturated carbocycles. The van der Waals surface area contributed by atoms with Gasteiger partial charge in [-0.2, -0.15) is 0 Å². The summed E-state index contributed by atoms with van der Waals surface area (Å²) < 4.78 is 11.2. The van der Waals surface area contributed by atoms with Crippen LogP contribution in [-0.2, 0) is 4.74 Å². The van der Waals surface area contributed by atoms with Gasteiger partial charge in [0.25, 0.3) is 0 Å². The zero-order valence-corrected chi connectivity index (χ0v) is 11.6. The lowest BCUT2D eigenvalue weighted by molar-refractivity contribution is -0.386. The normalized spacial score (nSPS) is 25.7. The Bertz CT molecular complexity index is 480. The van der Waals surface area contributed by atoms with Gasteiger partial charge in [-0.05, 0) is 25.5 Å². The van der Waals surface area contributed by atoms with Gasteiger partial charge in [-0.15, -0.1) is 11.6 Å². The molecule has 3 unspecified atom stereocenters. The molecule has 3 atom stereocenters. The molecule has 19 heavy (non-hydrogen) atoms. The van der Waals surface area contributed by atoms with Crippen LogP contribution >= 0.6 is 11.6 Å². The Morgan fingerprint density at radius 2 is 2.26 bits per heavy atom. The lowest BCUT2D eigenvalue weighted by atomic mass is 9.91. The maximum absolute atomic E-state index is 11.0. The maximum atomic E-state index is 11.0. The number of rotatable bonds is 5. The van der Waals surface area contributed by atoms with E-state index in [-0.39, 0.29) is 29.0 Å². The molecule has 0 bridgehead atoms. The smallest absolute Gasteiger partial charge is 0.311 e. The van der Waals surface area contributed by atoms with Gasteiger partial charge in [0, 0.05) is 19.1 Å². The zero-order valence-electron chi connectivity index (χ0n) is 10.8. The van der Waals surface area contributed by atoms with Crippen molar-refractivity contribution < 1.29 is 14.4 Å². The van der Waals surface area contributed by atoms with Crippen molar-refractivity contribution in [1.82, 2.24) is 0 Å². The van der Waals surface area contributed by atoms with Crippen molar-refractivity contribution in [3.8, 4) is 5.75 Å². The molecule has 0 aliphatic heterocycles. The number of ether oxygens (including phenoxy) is 2. The van der Waals surface area contributed by atoms with E-state index in [0.717, 1.165) is 5.56 Å². The van der Waals surface area contributed by atoms with Gasteiger partial charge in [0.1, 0.15) is 12.2 Å². The molecule has 0 radical (unpaired) electrons. The highest BCUT2D eigenvalue weighted by Crippen LogP contribution is 2.36. The number of halogens is 1. The number of nitrogens with zero attached hydrogens (tertiary/aromatic N) is 1. The molecule has 104 valence electrons. The summed E-state index contributed by atoms with van der Waals surface area (Å²) in [6.45, 7) is 4.23. The van der Waals surface area contributed by atoms with Crippen molar-refractivity contribution in [3.05, 3.63) is 33.9 Å². The molecule has 0 heterocycles. The Balaban J connectivity index is 2.13. The molecular weight excluding hydrogens is 270 g/mol. The second kappa shape index (κ2) is 5.75. The molecule has 0 aromatic heterocycles. The van der Waals surface area contributed by atoms with E-state index in [9.17, 15) is 10.1 Å². The van der Waals surface area contributed by atoms with Gasteiger partial charge in [-0.1, -0.05) is 6.07 Å². The van der Waals surface area contributed by atoms with Crippen LogP contribution in [0.15, 0.2) is 18.2 Å². The largest absolute Gasteiger partial charge is 0.481 e. The number of benzene rings is 1. The van der Waals surface area contributed by atoms with Gasteiger partial charge in [-0.3, -0.25) is 10.1 Å². The fraction of sp³-hybridized carbons (Fsp3) is 0.538. The first-order valence-corrected chi connectivity index (χ1v) is 6.64. The third-order valence-corrected chi connectivity index (χ3v) is 3.56. The first-order chi connectivity index (χ1) is 9.02. The van der Waals surface area contributed by atoms with Gasteiger partial charge < -0.3 is 9.47 Å². The highest BCUT2D eigenvalue weighted by atomic mass is 35.5. The Morgan fingerprint density at radius 3 is 2.84 bits per heavy atom. The van der Waals surface area contributed by atoms with E-state index in [4.69, 9.17) is 21.1 Å². The van der Waals surface area contributed by atoms with Gasteiger partial charge in [0.05, 0.1) is 10.3 Å². The van der Waals surface area contributed by atoms with E-state index in [1.54, 1.807) is 19.1 Å². The van der Waals surface area contributed by atoms with Crippen molar-refractivity contribution in [2.75, 3.05) is 6.61 Å². The summed E-state index contributed by atoms with van der Waals surface area (Å²) in [5, 5.41) is 10.9.